The maximum atomic E-state index is 14.5. The number of amides is 1. The number of hydrogen-bond acceptors (Lipinski definition) is 7. The monoisotopic (exact) mass is 382 g/mol. The Kier molecular flexibility index (Phi) is 5.46. The number of carbonyl (C=O) groups excluding carboxylic acids is 2. The van der Waals surface area contributed by atoms with Crippen molar-refractivity contribution in [1.82, 2.24) is 9.97 Å². The van der Waals surface area contributed by atoms with E-state index in [1.54, 1.807) is 19.2 Å². The van der Waals surface area contributed by atoms with Crippen molar-refractivity contribution in [3.63, 3.8) is 0 Å². The number of para-hydroxylation sites is 1. The Bertz CT molecular complexity index is 1040. The number of nitrogens with zero attached hydrogens (tertiary/aromatic N) is 3. The van der Waals surface area contributed by atoms with Gasteiger partial charge in [-0.1, -0.05) is 18.2 Å². The van der Waals surface area contributed by atoms with Crippen molar-refractivity contribution in [3.05, 3.63) is 54.0 Å². The van der Waals surface area contributed by atoms with Crippen LogP contribution in [0, 0.1) is 5.82 Å². The predicted octanol–water partition coefficient (Wildman–Crippen LogP) is 2.27. The lowest BCUT2D eigenvalue weighted by atomic mass is 10.1. The first-order valence-corrected chi connectivity index (χ1v) is 8.51. The normalized spacial score (nSPS) is 11.8. The molecule has 5 N–H and O–H groups in total. The minimum absolute atomic E-state index is 0.0500. The van der Waals surface area contributed by atoms with Crippen LogP contribution in [0.1, 0.15) is 23.7 Å². The molecule has 3 rings (SSSR count). The van der Waals surface area contributed by atoms with Gasteiger partial charge in [-0.05, 0) is 25.1 Å². The Balaban J connectivity index is 2.09. The molecule has 0 fully saturated rings. The van der Waals surface area contributed by atoms with Crippen LogP contribution in [0.3, 0.4) is 0 Å². The minimum atomic E-state index is -0.844. The standard InChI is InChI=1S/C19H19FN6O2/c1-11(7-9-27)26(22)19-14(20)10-13(17(21)28)18(25-19)24-16-6-8-23-15-5-3-2-4-12(15)16/h2-6,8-11H,7,22H2,1H3,(H2,21,28)(H,23,24,25)/t11-/m1/s1. The SMILES string of the molecule is C[C@H](CC=O)N(N)c1nc(Nc2ccnc3ccccc23)c(C(N)=O)cc1F. The van der Waals surface area contributed by atoms with Gasteiger partial charge in [-0.3, -0.25) is 14.8 Å². The maximum absolute atomic E-state index is 14.5. The second-order valence-electron chi connectivity index (χ2n) is 6.21. The molecule has 8 nitrogen and oxygen atoms in total. The molecule has 0 radical (unpaired) electrons. The number of primary amides is 1. The van der Waals surface area contributed by atoms with Gasteiger partial charge in [0.25, 0.3) is 5.91 Å². The van der Waals surface area contributed by atoms with E-state index in [0.717, 1.165) is 22.0 Å². The van der Waals surface area contributed by atoms with Gasteiger partial charge in [0.1, 0.15) is 12.1 Å². The second-order valence-corrected chi connectivity index (χ2v) is 6.21. The lowest BCUT2D eigenvalue weighted by Crippen LogP contribution is -2.41. The van der Waals surface area contributed by atoms with Crippen LogP contribution in [0.15, 0.2) is 42.6 Å². The van der Waals surface area contributed by atoms with E-state index >= 15 is 0 Å². The van der Waals surface area contributed by atoms with Crippen molar-refractivity contribution in [1.29, 1.82) is 0 Å². The average Bonchev–Trinajstić information content (AvgIpc) is 2.68. The Morgan fingerprint density at radius 2 is 2.11 bits per heavy atom. The topological polar surface area (TPSA) is 127 Å². The fraction of sp³-hybridized carbons (Fsp3) is 0.158. The number of rotatable bonds is 7. The van der Waals surface area contributed by atoms with E-state index in [9.17, 15) is 14.0 Å². The van der Waals surface area contributed by atoms with Crippen LogP contribution in [0.2, 0.25) is 0 Å². The third-order valence-corrected chi connectivity index (χ3v) is 4.28. The highest BCUT2D eigenvalue weighted by molar-refractivity contribution is 6.00. The number of aromatic nitrogens is 2. The summed E-state index contributed by atoms with van der Waals surface area (Å²) in [5.74, 6) is 4.10. The van der Waals surface area contributed by atoms with Crippen molar-refractivity contribution >= 4 is 40.4 Å². The zero-order valence-corrected chi connectivity index (χ0v) is 15.1. The molecule has 9 heteroatoms. The summed E-state index contributed by atoms with van der Waals surface area (Å²) in [6.07, 6.45) is 2.37. The number of nitrogens with one attached hydrogen (secondary N) is 1. The van der Waals surface area contributed by atoms with Crippen LogP contribution in [0.5, 0.6) is 0 Å². The number of hydrogen-bond donors (Lipinski definition) is 3. The third kappa shape index (κ3) is 3.74. The van der Waals surface area contributed by atoms with Gasteiger partial charge in [0.2, 0.25) is 0 Å². The van der Waals surface area contributed by atoms with Crippen LogP contribution < -0.4 is 21.9 Å². The molecular weight excluding hydrogens is 363 g/mol. The van der Waals surface area contributed by atoms with Gasteiger partial charge in [-0.25, -0.2) is 15.2 Å². The van der Waals surface area contributed by atoms with Gasteiger partial charge in [0.05, 0.1) is 22.8 Å². The van der Waals surface area contributed by atoms with Gasteiger partial charge in [0, 0.05) is 18.0 Å². The molecule has 3 aromatic rings. The number of benzene rings is 1. The number of halogens is 1. The van der Waals surface area contributed by atoms with Crippen molar-refractivity contribution in [2.75, 3.05) is 10.3 Å². The van der Waals surface area contributed by atoms with Crippen LogP contribution in [0.4, 0.5) is 21.7 Å². The van der Waals surface area contributed by atoms with E-state index in [0.29, 0.717) is 12.0 Å². The molecule has 2 heterocycles. The Morgan fingerprint density at radius 1 is 1.36 bits per heavy atom. The second kappa shape index (κ2) is 7.97. The minimum Gasteiger partial charge on any atom is -0.365 e. The summed E-state index contributed by atoms with van der Waals surface area (Å²) in [6.45, 7) is 1.65. The molecule has 1 aromatic carbocycles. The largest absolute Gasteiger partial charge is 0.365 e. The summed E-state index contributed by atoms with van der Waals surface area (Å²) in [7, 11) is 0. The molecule has 0 saturated carbocycles. The number of anilines is 3. The summed E-state index contributed by atoms with van der Waals surface area (Å²) in [5.41, 5.74) is 6.61. The van der Waals surface area contributed by atoms with E-state index in [1.165, 1.54) is 0 Å². The lowest BCUT2D eigenvalue weighted by molar-refractivity contribution is -0.108. The predicted molar refractivity (Wildman–Crippen MR) is 105 cm³/mol. The molecule has 0 spiro atoms. The van der Waals surface area contributed by atoms with E-state index < -0.39 is 17.8 Å². The van der Waals surface area contributed by atoms with Crippen LogP contribution in [0.25, 0.3) is 10.9 Å². The summed E-state index contributed by atoms with van der Waals surface area (Å²) < 4.78 is 14.5. The van der Waals surface area contributed by atoms with Crippen LogP contribution in [-0.2, 0) is 4.79 Å². The first kappa shape index (κ1) is 19.2. The molecule has 1 atom stereocenters. The number of nitrogens with two attached hydrogens (primary N) is 2. The van der Waals surface area contributed by atoms with Crippen molar-refractivity contribution < 1.29 is 14.0 Å². The van der Waals surface area contributed by atoms with Gasteiger partial charge >= 0.3 is 0 Å². The molecule has 1 amide bonds. The molecule has 0 aliphatic rings. The van der Waals surface area contributed by atoms with E-state index in [4.69, 9.17) is 11.6 Å². The molecule has 0 saturated heterocycles. The fourth-order valence-corrected chi connectivity index (χ4v) is 2.74. The van der Waals surface area contributed by atoms with E-state index in [2.05, 4.69) is 15.3 Å². The van der Waals surface area contributed by atoms with Gasteiger partial charge in [-0.15, -0.1) is 0 Å². The lowest BCUT2D eigenvalue weighted by Gasteiger charge is -2.25. The zero-order valence-electron chi connectivity index (χ0n) is 15.1. The first-order valence-electron chi connectivity index (χ1n) is 8.51. The molecule has 0 unspecified atom stereocenters. The number of carbonyl (C=O) groups is 2. The molecular formula is C19H19FN6O2. The van der Waals surface area contributed by atoms with Gasteiger partial charge in [0.15, 0.2) is 11.6 Å². The fourth-order valence-electron chi connectivity index (χ4n) is 2.74. The van der Waals surface area contributed by atoms with Crippen LogP contribution in [-0.4, -0.2) is 28.2 Å². The number of fused-ring (bicyclic) bond motifs is 1. The van der Waals surface area contributed by atoms with Gasteiger partial charge in [-0.2, -0.15) is 0 Å². The van der Waals surface area contributed by atoms with Crippen molar-refractivity contribution in [3.8, 4) is 0 Å². The highest BCUT2D eigenvalue weighted by atomic mass is 19.1. The number of hydrazine groups is 1. The highest BCUT2D eigenvalue weighted by Crippen LogP contribution is 2.29. The molecule has 0 bridgehead atoms. The molecule has 0 aliphatic carbocycles. The zero-order chi connectivity index (χ0) is 20.3. The molecule has 28 heavy (non-hydrogen) atoms. The summed E-state index contributed by atoms with van der Waals surface area (Å²) >= 11 is 0. The van der Waals surface area contributed by atoms with E-state index in [-0.39, 0.29) is 23.6 Å². The molecule has 0 aliphatic heterocycles. The smallest absolute Gasteiger partial charge is 0.252 e. The maximum Gasteiger partial charge on any atom is 0.252 e. The Hall–Kier alpha value is -3.59. The molecule has 144 valence electrons. The number of pyridine rings is 2. The summed E-state index contributed by atoms with van der Waals surface area (Å²) in [4.78, 5) is 31.0. The quantitative estimate of drug-likeness (QED) is 0.325. The highest BCUT2D eigenvalue weighted by Gasteiger charge is 2.21. The summed E-state index contributed by atoms with van der Waals surface area (Å²) in [5, 5.41) is 4.85. The van der Waals surface area contributed by atoms with Crippen molar-refractivity contribution in [2.24, 2.45) is 11.6 Å². The average molecular weight is 382 g/mol. The van der Waals surface area contributed by atoms with Gasteiger partial charge < -0.3 is 15.8 Å². The first-order chi connectivity index (χ1) is 13.4. The number of aldehydes is 1. The Labute approximate surface area is 160 Å². The van der Waals surface area contributed by atoms with E-state index in [1.807, 2.05) is 24.3 Å². The molecule has 2 aromatic heterocycles. The van der Waals surface area contributed by atoms with Crippen molar-refractivity contribution in [2.45, 2.75) is 19.4 Å². The van der Waals surface area contributed by atoms with Crippen LogP contribution >= 0.6 is 0 Å². The Morgan fingerprint density at radius 3 is 2.82 bits per heavy atom. The third-order valence-electron chi connectivity index (χ3n) is 4.28. The summed E-state index contributed by atoms with van der Waals surface area (Å²) in [6, 6.07) is 9.56.